The molecule has 0 spiro atoms. The van der Waals surface area contributed by atoms with E-state index in [1.165, 1.54) is 6.20 Å². The topological polar surface area (TPSA) is 90.7 Å². The van der Waals surface area contributed by atoms with Gasteiger partial charge in [0.15, 0.2) is 17.3 Å². The van der Waals surface area contributed by atoms with E-state index in [1.807, 2.05) is 0 Å². The summed E-state index contributed by atoms with van der Waals surface area (Å²) in [5, 5.41) is 3.91. The van der Waals surface area contributed by atoms with Gasteiger partial charge in [0.1, 0.15) is 0 Å². The number of nitrogens with two attached hydrogens (primary N) is 1. The minimum atomic E-state index is 0.159. The molecular weight excluding hydrogens is 250 g/mol. The third kappa shape index (κ3) is 3.19. The monoisotopic (exact) mass is 265 g/mol. The van der Waals surface area contributed by atoms with Crippen molar-refractivity contribution in [2.45, 2.75) is 31.3 Å². The molecule has 0 bridgehead atoms. The van der Waals surface area contributed by atoms with Gasteiger partial charge in [0.05, 0.1) is 5.75 Å². The number of nitrogen functional groups attached to an aromatic ring is 1. The van der Waals surface area contributed by atoms with Gasteiger partial charge in [-0.25, -0.2) is 9.97 Å². The maximum atomic E-state index is 5.70. The summed E-state index contributed by atoms with van der Waals surface area (Å²) < 4.78 is 5.30. The molecule has 7 heteroatoms. The molecule has 0 aliphatic carbocycles. The van der Waals surface area contributed by atoms with Crippen LogP contribution in [0.15, 0.2) is 16.9 Å². The molecule has 0 fully saturated rings. The van der Waals surface area contributed by atoms with E-state index in [4.69, 9.17) is 10.3 Å². The average Bonchev–Trinajstić information content (AvgIpc) is 2.75. The fraction of sp³-hybridized carbons (Fsp3) is 0.455. The molecule has 0 saturated heterocycles. The molecule has 2 aromatic heterocycles. The predicted octanol–water partition coefficient (Wildman–Crippen LogP) is 2.14. The maximum absolute atomic E-state index is 5.70. The maximum Gasteiger partial charge on any atom is 0.280 e. The minimum Gasteiger partial charge on any atom is -0.382 e. The van der Waals surface area contributed by atoms with Gasteiger partial charge in [0, 0.05) is 17.1 Å². The van der Waals surface area contributed by atoms with Gasteiger partial charge in [-0.3, -0.25) is 0 Å². The number of hydrogen-bond acceptors (Lipinski definition) is 7. The molecule has 18 heavy (non-hydrogen) atoms. The van der Waals surface area contributed by atoms with Gasteiger partial charge in [0.2, 0.25) is 0 Å². The molecule has 2 rings (SSSR count). The third-order valence-corrected chi connectivity index (χ3v) is 3.30. The van der Waals surface area contributed by atoms with Crippen LogP contribution in [-0.4, -0.2) is 24.9 Å². The van der Waals surface area contributed by atoms with Gasteiger partial charge < -0.3 is 10.3 Å². The van der Waals surface area contributed by atoms with E-state index >= 15 is 0 Å². The quantitative estimate of drug-likeness (QED) is 0.909. The second-order valence-corrected chi connectivity index (χ2v) is 6.51. The highest BCUT2D eigenvalue weighted by atomic mass is 32.2. The summed E-state index contributed by atoms with van der Waals surface area (Å²) in [5.74, 6) is 1.92. The molecular formula is C11H15N5OS. The summed E-state index contributed by atoms with van der Waals surface area (Å²) in [4.78, 5) is 12.3. The molecule has 96 valence electrons. The summed E-state index contributed by atoms with van der Waals surface area (Å²) in [5.41, 5.74) is 6.13. The van der Waals surface area contributed by atoms with E-state index in [9.17, 15) is 0 Å². The van der Waals surface area contributed by atoms with Crippen molar-refractivity contribution in [1.82, 2.24) is 20.1 Å². The lowest BCUT2D eigenvalue weighted by Gasteiger charge is -2.15. The molecule has 2 aromatic rings. The van der Waals surface area contributed by atoms with Gasteiger partial charge in [-0.1, -0.05) is 25.9 Å². The fourth-order valence-electron chi connectivity index (χ4n) is 1.20. The number of rotatable bonds is 3. The van der Waals surface area contributed by atoms with Crippen LogP contribution in [0.1, 0.15) is 26.6 Å². The smallest absolute Gasteiger partial charge is 0.280 e. The number of nitrogens with zero attached hydrogens (tertiary/aromatic N) is 4. The summed E-state index contributed by atoms with van der Waals surface area (Å²) in [6.45, 7) is 6.41. The van der Waals surface area contributed by atoms with E-state index in [0.717, 1.165) is 0 Å². The molecule has 0 atom stereocenters. The van der Waals surface area contributed by atoms with E-state index in [1.54, 1.807) is 18.0 Å². The van der Waals surface area contributed by atoms with Crippen LogP contribution in [0, 0.1) is 0 Å². The predicted molar refractivity (Wildman–Crippen MR) is 70.8 cm³/mol. The highest BCUT2D eigenvalue weighted by Gasteiger charge is 2.16. The molecule has 0 aliphatic heterocycles. The van der Waals surface area contributed by atoms with Crippen LogP contribution in [0.2, 0.25) is 0 Å². The lowest BCUT2D eigenvalue weighted by molar-refractivity contribution is 0.424. The van der Waals surface area contributed by atoms with Gasteiger partial charge >= 0.3 is 0 Å². The van der Waals surface area contributed by atoms with E-state index in [-0.39, 0.29) is 10.6 Å². The summed E-state index contributed by atoms with van der Waals surface area (Å²) >= 11 is 1.75. The molecule has 6 nitrogen and oxygen atoms in total. The van der Waals surface area contributed by atoms with Crippen LogP contribution < -0.4 is 5.73 Å². The molecule has 0 aromatic carbocycles. The van der Waals surface area contributed by atoms with Crippen molar-refractivity contribution in [2.75, 3.05) is 5.73 Å². The highest BCUT2D eigenvalue weighted by Crippen LogP contribution is 2.27. The van der Waals surface area contributed by atoms with Crippen LogP contribution in [0.25, 0.3) is 11.6 Å². The van der Waals surface area contributed by atoms with E-state index < -0.39 is 0 Å². The lowest BCUT2D eigenvalue weighted by Crippen LogP contribution is -2.07. The molecule has 0 amide bonds. The Balaban J connectivity index is 2.14. The first-order valence-corrected chi connectivity index (χ1v) is 6.48. The lowest BCUT2D eigenvalue weighted by atomic mass is 10.3. The Hall–Kier alpha value is -1.63. The fourth-order valence-corrected chi connectivity index (χ4v) is 1.88. The van der Waals surface area contributed by atoms with Gasteiger partial charge in [-0.2, -0.15) is 4.98 Å². The zero-order valence-corrected chi connectivity index (χ0v) is 11.4. The Labute approximate surface area is 109 Å². The second kappa shape index (κ2) is 4.93. The van der Waals surface area contributed by atoms with Crippen molar-refractivity contribution in [3.63, 3.8) is 0 Å². The molecule has 0 unspecified atom stereocenters. The number of aromatic nitrogens is 4. The normalized spacial score (nSPS) is 11.7. The second-order valence-electron chi connectivity index (χ2n) is 4.71. The molecule has 2 N–H and O–H groups in total. The van der Waals surface area contributed by atoms with Crippen molar-refractivity contribution in [1.29, 1.82) is 0 Å². The standard InChI is InChI=1S/C11H15N5OS/c1-11(2,3)18-6-7-15-10(17-16-7)8-9(12)14-5-4-13-8/h4-5H,6H2,1-3H3,(H2,12,14). The Morgan fingerprint density at radius 1 is 1.28 bits per heavy atom. The Morgan fingerprint density at radius 2 is 2.00 bits per heavy atom. The summed E-state index contributed by atoms with van der Waals surface area (Å²) in [6.07, 6.45) is 3.06. The average molecular weight is 265 g/mol. The zero-order valence-electron chi connectivity index (χ0n) is 10.5. The summed E-state index contributed by atoms with van der Waals surface area (Å²) in [6, 6.07) is 0. The van der Waals surface area contributed by atoms with Crippen molar-refractivity contribution in [3.05, 3.63) is 18.2 Å². The first-order chi connectivity index (χ1) is 8.46. The largest absolute Gasteiger partial charge is 0.382 e. The number of thioether (sulfide) groups is 1. The van der Waals surface area contributed by atoms with E-state index in [0.29, 0.717) is 23.2 Å². The molecule has 0 aliphatic rings. The van der Waals surface area contributed by atoms with Crippen LogP contribution in [-0.2, 0) is 5.75 Å². The Bertz CT molecular complexity index is 534. The van der Waals surface area contributed by atoms with Gasteiger partial charge in [-0.05, 0) is 0 Å². The van der Waals surface area contributed by atoms with Gasteiger partial charge in [0.25, 0.3) is 5.89 Å². The van der Waals surface area contributed by atoms with Crippen LogP contribution in [0.4, 0.5) is 5.82 Å². The minimum absolute atomic E-state index is 0.159. The van der Waals surface area contributed by atoms with Crippen molar-refractivity contribution in [3.8, 4) is 11.6 Å². The van der Waals surface area contributed by atoms with Crippen LogP contribution in [0.5, 0.6) is 0 Å². The molecule has 2 heterocycles. The summed E-state index contributed by atoms with van der Waals surface area (Å²) in [7, 11) is 0. The molecule has 0 radical (unpaired) electrons. The molecule has 0 saturated carbocycles. The van der Waals surface area contributed by atoms with Gasteiger partial charge in [-0.15, -0.1) is 11.8 Å². The van der Waals surface area contributed by atoms with Crippen molar-refractivity contribution >= 4 is 17.6 Å². The van der Waals surface area contributed by atoms with Crippen molar-refractivity contribution in [2.24, 2.45) is 0 Å². The zero-order chi connectivity index (χ0) is 13.2. The number of anilines is 1. The first kappa shape index (κ1) is 12.8. The number of hydrogen-bond donors (Lipinski definition) is 1. The van der Waals surface area contributed by atoms with Crippen LogP contribution in [0.3, 0.4) is 0 Å². The highest BCUT2D eigenvalue weighted by molar-refractivity contribution is 7.99. The SMILES string of the molecule is CC(C)(C)SCc1noc(-c2nccnc2N)n1. The Morgan fingerprint density at radius 3 is 2.67 bits per heavy atom. The Kier molecular flexibility index (Phi) is 3.51. The van der Waals surface area contributed by atoms with Crippen molar-refractivity contribution < 1.29 is 4.52 Å². The first-order valence-electron chi connectivity index (χ1n) is 5.49. The third-order valence-electron chi connectivity index (χ3n) is 2.03. The van der Waals surface area contributed by atoms with Crippen LogP contribution >= 0.6 is 11.8 Å². The van der Waals surface area contributed by atoms with E-state index in [2.05, 4.69) is 40.9 Å².